The molecule has 0 amide bonds. The fourth-order valence-electron chi connectivity index (χ4n) is 4.65. The van der Waals surface area contributed by atoms with Gasteiger partial charge in [0, 0.05) is 13.1 Å². The highest BCUT2D eigenvalue weighted by molar-refractivity contribution is 5.86. The summed E-state index contributed by atoms with van der Waals surface area (Å²) >= 11 is 0. The smallest absolute Gasteiger partial charge is 0.307 e. The van der Waals surface area contributed by atoms with E-state index in [-0.39, 0.29) is 5.92 Å². The molecule has 1 atom stereocenters. The topological polar surface area (TPSA) is 40.5 Å². The third-order valence-electron chi connectivity index (χ3n) is 5.98. The molecule has 0 radical (unpaired) electrons. The molecule has 4 rings (SSSR count). The number of benzene rings is 2. The largest absolute Gasteiger partial charge is 0.481 e. The third-order valence-corrected chi connectivity index (χ3v) is 5.98. The maximum atomic E-state index is 11.4. The molecule has 1 fully saturated rings. The van der Waals surface area contributed by atoms with Crippen LogP contribution in [0.1, 0.15) is 42.0 Å². The first-order chi connectivity index (χ1) is 13.1. The molecule has 2 aromatic rings. The maximum absolute atomic E-state index is 11.4. The lowest BCUT2D eigenvalue weighted by Gasteiger charge is -2.31. The highest BCUT2D eigenvalue weighted by Crippen LogP contribution is 2.36. The fourth-order valence-corrected chi connectivity index (χ4v) is 4.65. The quantitative estimate of drug-likeness (QED) is 0.881. The molecule has 1 saturated heterocycles. The molecule has 1 heterocycles. The van der Waals surface area contributed by atoms with Crippen LogP contribution in [0.25, 0.3) is 5.57 Å². The normalized spacial score (nSPS) is 19.7. The van der Waals surface area contributed by atoms with Crippen molar-refractivity contribution in [3.05, 3.63) is 76.4 Å². The number of aryl methyl sites for hydroxylation is 2. The van der Waals surface area contributed by atoms with Crippen molar-refractivity contribution in [1.29, 1.82) is 0 Å². The predicted octanol–water partition coefficient (Wildman–Crippen LogP) is 4.40. The Hall–Kier alpha value is -2.39. The van der Waals surface area contributed by atoms with E-state index in [1.54, 1.807) is 0 Å². The molecule has 3 heteroatoms. The molecular formula is C24H27NO2. The number of hydrogen-bond acceptors (Lipinski definition) is 2. The second-order valence-corrected chi connectivity index (χ2v) is 7.88. The fraction of sp³-hybridized carbons (Fsp3) is 0.375. The van der Waals surface area contributed by atoms with Gasteiger partial charge in [0.15, 0.2) is 0 Å². The van der Waals surface area contributed by atoms with Crippen molar-refractivity contribution in [2.45, 2.75) is 32.6 Å². The first-order valence-electron chi connectivity index (χ1n) is 9.95. The molecule has 2 aromatic carbocycles. The monoisotopic (exact) mass is 361 g/mol. The minimum atomic E-state index is -0.657. The van der Waals surface area contributed by atoms with Gasteiger partial charge in [0.05, 0.1) is 5.92 Å². The summed E-state index contributed by atoms with van der Waals surface area (Å²) in [5.74, 6) is -0.889. The van der Waals surface area contributed by atoms with E-state index in [1.165, 1.54) is 33.4 Å². The minimum absolute atomic E-state index is 0.231. The molecule has 3 nitrogen and oxygen atoms in total. The van der Waals surface area contributed by atoms with Crippen LogP contribution in [-0.2, 0) is 17.6 Å². The van der Waals surface area contributed by atoms with Crippen molar-refractivity contribution in [1.82, 2.24) is 4.90 Å². The molecule has 1 aliphatic carbocycles. The lowest BCUT2D eigenvalue weighted by molar-refractivity contribution is -0.143. The minimum Gasteiger partial charge on any atom is -0.481 e. The zero-order chi connectivity index (χ0) is 18.8. The summed E-state index contributed by atoms with van der Waals surface area (Å²) in [5.41, 5.74) is 8.17. The summed E-state index contributed by atoms with van der Waals surface area (Å²) < 4.78 is 0. The van der Waals surface area contributed by atoms with Crippen LogP contribution in [0.4, 0.5) is 0 Å². The Balaban J connectivity index is 1.73. The van der Waals surface area contributed by atoms with E-state index in [9.17, 15) is 9.90 Å². The lowest BCUT2D eigenvalue weighted by atomic mass is 9.89. The van der Waals surface area contributed by atoms with E-state index in [0.29, 0.717) is 6.54 Å². The van der Waals surface area contributed by atoms with Crippen molar-refractivity contribution >= 4 is 11.5 Å². The van der Waals surface area contributed by atoms with Crippen LogP contribution in [0.3, 0.4) is 0 Å². The molecule has 1 N–H and O–H groups in total. The average Bonchev–Trinajstić information content (AvgIpc) is 2.85. The van der Waals surface area contributed by atoms with Gasteiger partial charge in [-0.1, -0.05) is 54.1 Å². The first-order valence-corrected chi connectivity index (χ1v) is 9.95. The van der Waals surface area contributed by atoms with Gasteiger partial charge in [-0.3, -0.25) is 9.69 Å². The number of piperidine rings is 1. The highest BCUT2D eigenvalue weighted by atomic mass is 16.4. The maximum Gasteiger partial charge on any atom is 0.307 e. The Morgan fingerprint density at radius 3 is 2.22 bits per heavy atom. The highest BCUT2D eigenvalue weighted by Gasteiger charge is 2.26. The van der Waals surface area contributed by atoms with Crippen LogP contribution < -0.4 is 0 Å². The molecule has 0 unspecified atom stereocenters. The first kappa shape index (κ1) is 18.0. The Morgan fingerprint density at radius 2 is 1.63 bits per heavy atom. The van der Waals surface area contributed by atoms with Crippen LogP contribution in [0.15, 0.2) is 54.1 Å². The summed E-state index contributed by atoms with van der Waals surface area (Å²) in [4.78, 5) is 13.7. The zero-order valence-corrected chi connectivity index (χ0v) is 15.9. The third kappa shape index (κ3) is 3.70. The van der Waals surface area contributed by atoms with Gasteiger partial charge in [0.2, 0.25) is 0 Å². The van der Waals surface area contributed by atoms with Crippen molar-refractivity contribution in [2.24, 2.45) is 5.92 Å². The van der Waals surface area contributed by atoms with Gasteiger partial charge in [0.25, 0.3) is 0 Å². The number of fused-ring (bicyclic) bond motifs is 2. The Bertz CT molecular complexity index is 834. The molecule has 1 aliphatic heterocycles. The second kappa shape index (κ2) is 7.69. The van der Waals surface area contributed by atoms with Gasteiger partial charge in [-0.2, -0.15) is 0 Å². The number of likely N-dealkylation sites (tertiary alicyclic amines) is 1. The number of nitrogens with zero attached hydrogens (tertiary/aromatic N) is 1. The summed E-state index contributed by atoms with van der Waals surface area (Å²) in [5, 5.41) is 9.40. The SMILES string of the molecule is CC(CN1CCC[C@@H](C(=O)O)C1)=C1c2ccccc2CCc2ccccc21. The number of rotatable bonds is 3. The van der Waals surface area contributed by atoms with E-state index in [4.69, 9.17) is 0 Å². The van der Waals surface area contributed by atoms with Crippen molar-refractivity contribution in [3.63, 3.8) is 0 Å². The molecule has 140 valence electrons. The van der Waals surface area contributed by atoms with Gasteiger partial charge in [0.1, 0.15) is 0 Å². The van der Waals surface area contributed by atoms with E-state index >= 15 is 0 Å². The van der Waals surface area contributed by atoms with Crippen molar-refractivity contribution < 1.29 is 9.90 Å². The number of hydrogen-bond donors (Lipinski definition) is 1. The Morgan fingerprint density at radius 1 is 1.04 bits per heavy atom. The molecule has 0 spiro atoms. The van der Waals surface area contributed by atoms with Gasteiger partial charge in [-0.05, 0) is 67.0 Å². The van der Waals surface area contributed by atoms with Crippen LogP contribution in [0.2, 0.25) is 0 Å². The molecule has 2 aliphatic rings. The van der Waals surface area contributed by atoms with Gasteiger partial charge in [-0.15, -0.1) is 0 Å². The summed E-state index contributed by atoms with van der Waals surface area (Å²) in [6.45, 7) is 4.70. The second-order valence-electron chi connectivity index (χ2n) is 7.88. The van der Waals surface area contributed by atoms with E-state index < -0.39 is 5.97 Å². The van der Waals surface area contributed by atoms with Crippen molar-refractivity contribution in [3.8, 4) is 0 Å². The van der Waals surface area contributed by atoms with E-state index in [0.717, 1.165) is 38.8 Å². The predicted molar refractivity (Wildman–Crippen MR) is 109 cm³/mol. The average molecular weight is 361 g/mol. The molecule has 0 saturated carbocycles. The van der Waals surface area contributed by atoms with E-state index in [2.05, 4.69) is 60.4 Å². The van der Waals surface area contributed by atoms with Crippen LogP contribution in [0.5, 0.6) is 0 Å². The Labute approximate surface area is 161 Å². The van der Waals surface area contributed by atoms with Crippen molar-refractivity contribution in [2.75, 3.05) is 19.6 Å². The van der Waals surface area contributed by atoms with E-state index in [1.807, 2.05) is 0 Å². The molecule has 0 aromatic heterocycles. The number of carboxylic acid groups (broad SMARTS) is 1. The van der Waals surface area contributed by atoms with Crippen LogP contribution >= 0.6 is 0 Å². The van der Waals surface area contributed by atoms with Crippen LogP contribution in [-0.4, -0.2) is 35.6 Å². The summed E-state index contributed by atoms with van der Waals surface area (Å²) in [7, 11) is 0. The van der Waals surface area contributed by atoms with Gasteiger partial charge < -0.3 is 5.11 Å². The van der Waals surface area contributed by atoms with Gasteiger partial charge in [-0.25, -0.2) is 0 Å². The zero-order valence-electron chi connectivity index (χ0n) is 15.9. The summed E-state index contributed by atoms with van der Waals surface area (Å²) in [6, 6.07) is 17.5. The standard InChI is InChI=1S/C24H27NO2/c1-17(15-25-14-6-9-20(16-25)24(26)27)23-21-10-4-2-7-18(21)12-13-19-8-3-5-11-22(19)23/h2-5,7-8,10-11,20H,6,9,12-16H2,1H3,(H,26,27)/t20-/m1/s1. The Kier molecular flexibility index (Phi) is 5.13. The lowest BCUT2D eigenvalue weighted by Crippen LogP contribution is -2.39. The summed E-state index contributed by atoms with van der Waals surface area (Å²) in [6.07, 6.45) is 3.89. The number of carbonyl (C=O) groups is 1. The van der Waals surface area contributed by atoms with Crippen LogP contribution in [0, 0.1) is 5.92 Å². The number of aliphatic carboxylic acids is 1. The number of carboxylic acids is 1. The molecule has 0 bridgehead atoms. The molecule has 27 heavy (non-hydrogen) atoms. The molecular weight excluding hydrogens is 334 g/mol. The van der Waals surface area contributed by atoms with Gasteiger partial charge >= 0.3 is 5.97 Å².